The van der Waals surface area contributed by atoms with Crippen LogP contribution < -0.4 is 21.9 Å². The van der Waals surface area contributed by atoms with Crippen LogP contribution in [0.15, 0.2) is 10.9 Å². The Labute approximate surface area is 238 Å². The van der Waals surface area contributed by atoms with Crippen molar-refractivity contribution in [2.45, 2.75) is 97.8 Å². The number of amides is 1. The van der Waals surface area contributed by atoms with Gasteiger partial charge in [-0.1, -0.05) is 0 Å². The maximum absolute atomic E-state index is 13.2. The third-order valence-corrected chi connectivity index (χ3v) is 7.46. The molecule has 0 aromatic carbocycles. The highest BCUT2D eigenvalue weighted by Crippen LogP contribution is 2.28. The number of H-pyrrole nitrogens is 1. The molecule has 3 heterocycles. The number of aromatic amines is 1. The van der Waals surface area contributed by atoms with Crippen molar-refractivity contribution in [2.24, 2.45) is 5.92 Å². The Morgan fingerprint density at radius 2 is 1.85 bits per heavy atom. The first kappa shape index (κ1) is 31.1. The van der Waals surface area contributed by atoms with E-state index in [1.54, 1.807) is 47.6 Å². The summed E-state index contributed by atoms with van der Waals surface area (Å²) in [7, 11) is 0. The van der Waals surface area contributed by atoms with Crippen molar-refractivity contribution in [3.63, 3.8) is 0 Å². The van der Waals surface area contributed by atoms with E-state index in [4.69, 9.17) is 15.2 Å². The number of carbonyl (C=O) groups excluding carboxylic acids is 3. The van der Waals surface area contributed by atoms with E-state index >= 15 is 0 Å². The predicted molar refractivity (Wildman–Crippen MR) is 155 cm³/mol. The SMILES string of the molecule is Cc1cc(C(=O)N[C@@H](CCC(=O)OC(C)(C)C)C(=O)OC(C)(C)C)sc1CCC1CNc2nc(N)[nH]c(=O)c2C1. The Morgan fingerprint density at radius 1 is 1.18 bits per heavy atom. The molecule has 1 unspecified atom stereocenters. The van der Waals surface area contributed by atoms with Gasteiger partial charge in [-0.05, 0) is 91.7 Å². The quantitative estimate of drug-likeness (QED) is 0.327. The van der Waals surface area contributed by atoms with Crippen LogP contribution >= 0.6 is 11.3 Å². The molecule has 2 atom stereocenters. The van der Waals surface area contributed by atoms with Crippen LogP contribution in [0.3, 0.4) is 0 Å². The van der Waals surface area contributed by atoms with Crippen molar-refractivity contribution in [2.75, 3.05) is 17.6 Å². The second kappa shape index (κ2) is 12.4. The van der Waals surface area contributed by atoms with E-state index in [-0.39, 0.29) is 30.3 Å². The van der Waals surface area contributed by atoms with Gasteiger partial charge in [-0.2, -0.15) is 4.98 Å². The lowest BCUT2D eigenvalue weighted by Gasteiger charge is -2.25. The number of aromatic nitrogens is 2. The van der Waals surface area contributed by atoms with E-state index in [9.17, 15) is 19.2 Å². The fraction of sp³-hybridized carbons (Fsp3) is 0.607. The molecule has 2 aromatic rings. The molecule has 5 N–H and O–H groups in total. The van der Waals surface area contributed by atoms with Crippen LogP contribution in [0.4, 0.5) is 11.8 Å². The molecule has 3 rings (SSSR count). The average Bonchev–Trinajstić information content (AvgIpc) is 3.18. The number of ether oxygens (including phenoxy) is 2. The number of anilines is 2. The number of esters is 2. The minimum Gasteiger partial charge on any atom is -0.460 e. The van der Waals surface area contributed by atoms with Gasteiger partial charge in [0.2, 0.25) is 5.95 Å². The first-order valence-corrected chi connectivity index (χ1v) is 14.3. The molecule has 2 aromatic heterocycles. The standard InChI is InChI=1S/C28H41N5O6S/c1-15-12-20(40-19(15)10-8-16-13-17-22(30-14-16)32-26(29)33-23(17)35)24(36)31-18(25(37)39-28(5,6)7)9-11-21(34)38-27(2,3)4/h12,16,18H,8-11,13-14H2,1-7H3,(H,31,36)(H4,29,30,32,33,35)/t16?,18-/m0/s1. The molecule has 40 heavy (non-hydrogen) atoms. The third kappa shape index (κ3) is 9.07. The smallest absolute Gasteiger partial charge is 0.329 e. The summed E-state index contributed by atoms with van der Waals surface area (Å²) in [6.07, 6.45) is 2.16. The molecule has 1 aliphatic rings. The van der Waals surface area contributed by atoms with Crippen LogP contribution in [0.2, 0.25) is 0 Å². The fourth-order valence-corrected chi connectivity index (χ4v) is 5.47. The lowest BCUT2D eigenvalue weighted by molar-refractivity contribution is -0.158. The largest absolute Gasteiger partial charge is 0.460 e. The number of rotatable bonds is 9. The molecule has 0 bridgehead atoms. The van der Waals surface area contributed by atoms with Gasteiger partial charge in [0.25, 0.3) is 11.5 Å². The van der Waals surface area contributed by atoms with Crippen molar-refractivity contribution in [3.05, 3.63) is 37.3 Å². The number of hydrogen-bond acceptors (Lipinski definition) is 10. The Bertz CT molecular complexity index is 1300. The van der Waals surface area contributed by atoms with Crippen LogP contribution in [-0.2, 0) is 31.9 Å². The van der Waals surface area contributed by atoms with Gasteiger partial charge in [0.05, 0.1) is 10.4 Å². The Hall–Kier alpha value is -3.41. The third-order valence-electron chi connectivity index (χ3n) is 6.16. The van der Waals surface area contributed by atoms with Crippen LogP contribution in [0.5, 0.6) is 0 Å². The monoisotopic (exact) mass is 575 g/mol. The highest BCUT2D eigenvalue weighted by atomic mass is 32.1. The summed E-state index contributed by atoms with van der Waals surface area (Å²) in [5.41, 5.74) is 5.60. The zero-order valence-electron chi connectivity index (χ0n) is 24.4. The first-order valence-electron chi connectivity index (χ1n) is 13.5. The molecular formula is C28H41N5O6S. The van der Waals surface area contributed by atoms with Gasteiger partial charge in [0.1, 0.15) is 23.1 Å². The second-order valence-electron chi connectivity index (χ2n) is 12.2. The van der Waals surface area contributed by atoms with E-state index in [0.717, 1.165) is 23.3 Å². The molecule has 220 valence electrons. The molecule has 0 radical (unpaired) electrons. The maximum atomic E-state index is 13.2. The van der Waals surface area contributed by atoms with Gasteiger partial charge in [0, 0.05) is 17.8 Å². The lowest BCUT2D eigenvalue weighted by atomic mass is 9.92. The van der Waals surface area contributed by atoms with Crippen LogP contribution in [0.25, 0.3) is 0 Å². The maximum Gasteiger partial charge on any atom is 0.329 e. The Morgan fingerprint density at radius 3 is 2.50 bits per heavy atom. The molecule has 0 saturated carbocycles. The van der Waals surface area contributed by atoms with E-state index in [1.165, 1.54) is 11.3 Å². The molecule has 1 aliphatic heterocycles. The topological polar surface area (TPSA) is 166 Å². The van der Waals surface area contributed by atoms with Gasteiger partial charge in [-0.15, -0.1) is 11.3 Å². The summed E-state index contributed by atoms with van der Waals surface area (Å²) in [5.74, 6) is -0.603. The summed E-state index contributed by atoms with van der Waals surface area (Å²) < 4.78 is 10.9. The molecule has 0 spiro atoms. The molecular weight excluding hydrogens is 534 g/mol. The number of hydrogen-bond donors (Lipinski definition) is 4. The normalized spacial score (nSPS) is 15.9. The number of nitrogen functional groups attached to an aromatic ring is 1. The van der Waals surface area contributed by atoms with Crippen molar-refractivity contribution >= 4 is 40.9 Å². The van der Waals surface area contributed by atoms with Crippen molar-refractivity contribution in [3.8, 4) is 0 Å². The van der Waals surface area contributed by atoms with E-state index in [0.29, 0.717) is 29.2 Å². The first-order chi connectivity index (χ1) is 18.5. The number of nitrogens with one attached hydrogen (secondary N) is 3. The molecule has 12 heteroatoms. The zero-order valence-corrected chi connectivity index (χ0v) is 25.2. The highest BCUT2D eigenvalue weighted by molar-refractivity contribution is 7.14. The number of aryl methyl sites for hydroxylation is 2. The number of fused-ring (bicyclic) bond motifs is 1. The van der Waals surface area contributed by atoms with Crippen LogP contribution in [0.1, 0.15) is 86.5 Å². The average molecular weight is 576 g/mol. The van der Waals surface area contributed by atoms with Crippen molar-refractivity contribution in [1.82, 2.24) is 15.3 Å². The zero-order chi connectivity index (χ0) is 29.8. The van der Waals surface area contributed by atoms with Crippen LogP contribution in [0, 0.1) is 12.8 Å². The minimum absolute atomic E-state index is 0.0420. The lowest BCUT2D eigenvalue weighted by Crippen LogP contribution is -2.44. The molecule has 11 nitrogen and oxygen atoms in total. The van der Waals surface area contributed by atoms with Gasteiger partial charge in [0.15, 0.2) is 0 Å². The summed E-state index contributed by atoms with van der Waals surface area (Å²) >= 11 is 1.37. The van der Waals surface area contributed by atoms with Gasteiger partial charge >= 0.3 is 11.9 Å². The highest BCUT2D eigenvalue weighted by Gasteiger charge is 2.29. The summed E-state index contributed by atoms with van der Waals surface area (Å²) in [6.45, 7) is 13.2. The predicted octanol–water partition coefficient (Wildman–Crippen LogP) is 3.50. The van der Waals surface area contributed by atoms with Gasteiger partial charge in [-0.3, -0.25) is 19.4 Å². The summed E-state index contributed by atoms with van der Waals surface area (Å²) in [4.78, 5) is 58.8. The number of thiophene rings is 1. The number of nitrogens with zero attached hydrogens (tertiary/aromatic N) is 1. The molecule has 0 aliphatic carbocycles. The van der Waals surface area contributed by atoms with Crippen molar-refractivity contribution in [1.29, 1.82) is 0 Å². The Balaban J connectivity index is 1.64. The van der Waals surface area contributed by atoms with Crippen LogP contribution in [-0.4, -0.2) is 51.6 Å². The summed E-state index contributed by atoms with van der Waals surface area (Å²) in [5, 5.41) is 5.97. The van der Waals surface area contributed by atoms with Gasteiger partial charge in [-0.25, -0.2) is 4.79 Å². The van der Waals surface area contributed by atoms with E-state index in [2.05, 4.69) is 20.6 Å². The van der Waals surface area contributed by atoms with Crippen molar-refractivity contribution < 1.29 is 23.9 Å². The molecule has 1 amide bonds. The van der Waals surface area contributed by atoms with E-state index < -0.39 is 35.1 Å². The van der Waals surface area contributed by atoms with Gasteiger partial charge < -0.3 is 25.8 Å². The molecule has 0 fully saturated rings. The second-order valence-corrected chi connectivity index (χ2v) is 13.3. The molecule has 0 saturated heterocycles. The number of nitrogens with two attached hydrogens (primary N) is 1. The minimum atomic E-state index is -1.00. The summed E-state index contributed by atoms with van der Waals surface area (Å²) in [6, 6.07) is 0.806. The van der Waals surface area contributed by atoms with E-state index in [1.807, 2.05) is 6.92 Å². The Kier molecular flexibility index (Phi) is 9.65. The number of carbonyl (C=O) groups is 3. The fourth-order valence-electron chi connectivity index (χ4n) is 4.38.